The maximum atomic E-state index is 3.69. The fourth-order valence-corrected chi connectivity index (χ4v) is 3.15. The zero-order valence-electron chi connectivity index (χ0n) is 12.8. The SMILES string of the molecule is CCCNC(Cc1ccsc1)Cc1ccc(C)c(C)c1. The average molecular weight is 287 g/mol. The molecular formula is C18H25NS. The van der Waals surface area contributed by atoms with Gasteiger partial charge in [0.1, 0.15) is 0 Å². The molecular weight excluding hydrogens is 262 g/mol. The van der Waals surface area contributed by atoms with Crippen LogP contribution in [-0.2, 0) is 12.8 Å². The van der Waals surface area contributed by atoms with Crippen molar-refractivity contribution < 1.29 is 0 Å². The van der Waals surface area contributed by atoms with Crippen LogP contribution >= 0.6 is 11.3 Å². The molecule has 1 nitrogen and oxygen atoms in total. The van der Waals surface area contributed by atoms with E-state index in [1.54, 1.807) is 11.3 Å². The van der Waals surface area contributed by atoms with Gasteiger partial charge in [-0.1, -0.05) is 25.1 Å². The number of thiophene rings is 1. The lowest BCUT2D eigenvalue weighted by molar-refractivity contribution is 0.505. The smallest absolute Gasteiger partial charge is 0.0148 e. The van der Waals surface area contributed by atoms with E-state index in [2.05, 4.69) is 61.1 Å². The maximum Gasteiger partial charge on any atom is 0.0148 e. The Hall–Kier alpha value is -1.12. The molecule has 0 bridgehead atoms. The minimum absolute atomic E-state index is 0.534. The molecule has 1 unspecified atom stereocenters. The Kier molecular flexibility index (Phi) is 5.81. The number of aryl methyl sites for hydroxylation is 2. The zero-order chi connectivity index (χ0) is 14.4. The molecule has 0 spiro atoms. The highest BCUT2D eigenvalue weighted by Crippen LogP contribution is 2.15. The van der Waals surface area contributed by atoms with Crippen molar-refractivity contribution in [1.29, 1.82) is 0 Å². The summed E-state index contributed by atoms with van der Waals surface area (Å²) in [5.74, 6) is 0. The molecule has 2 aromatic rings. The molecule has 2 rings (SSSR count). The molecule has 1 aromatic heterocycles. The van der Waals surface area contributed by atoms with Crippen LogP contribution < -0.4 is 5.32 Å². The first-order valence-corrected chi connectivity index (χ1v) is 8.44. The van der Waals surface area contributed by atoms with Crippen LogP contribution in [0.25, 0.3) is 0 Å². The Bertz CT molecular complexity index is 516. The second kappa shape index (κ2) is 7.61. The highest BCUT2D eigenvalue weighted by atomic mass is 32.1. The predicted molar refractivity (Wildman–Crippen MR) is 89.7 cm³/mol. The topological polar surface area (TPSA) is 12.0 Å². The number of hydrogen-bond donors (Lipinski definition) is 1. The molecule has 20 heavy (non-hydrogen) atoms. The quantitative estimate of drug-likeness (QED) is 0.789. The molecule has 0 amide bonds. The molecule has 0 saturated heterocycles. The third-order valence-electron chi connectivity index (χ3n) is 3.80. The van der Waals surface area contributed by atoms with Crippen molar-refractivity contribution in [3.63, 3.8) is 0 Å². The van der Waals surface area contributed by atoms with E-state index in [0.717, 1.165) is 19.4 Å². The maximum absolute atomic E-state index is 3.69. The molecule has 0 fully saturated rings. The fourth-order valence-electron chi connectivity index (χ4n) is 2.47. The summed E-state index contributed by atoms with van der Waals surface area (Å²) < 4.78 is 0. The summed E-state index contributed by atoms with van der Waals surface area (Å²) in [6.45, 7) is 7.70. The lowest BCUT2D eigenvalue weighted by Crippen LogP contribution is -2.33. The van der Waals surface area contributed by atoms with Crippen LogP contribution in [0.1, 0.15) is 35.6 Å². The van der Waals surface area contributed by atoms with Crippen molar-refractivity contribution in [1.82, 2.24) is 5.32 Å². The van der Waals surface area contributed by atoms with Gasteiger partial charge in [0.25, 0.3) is 0 Å². The first-order chi connectivity index (χ1) is 9.69. The van der Waals surface area contributed by atoms with Crippen LogP contribution in [0.2, 0.25) is 0 Å². The Morgan fingerprint density at radius 1 is 1.05 bits per heavy atom. The predicted octanol–water partition coefficient (Wildman–Crippen LogP) is 4.52. The Morgan fingerprint density at radius 3 is 2.50 bits per heavy atom. The minimum atomic E-state index is 0.534. The number of benzene rings is 1. The molecule has 108 valence electrons. The number of hydrogen-bond acceptors (Lipinski definition) is 2. The van der Waals surface area contributed by atoms with Crippen molar-refractivity contribution in [3.05, 3.63) is 57.3 Å². The molecule has 1 aromatic carbocycles. The summed E-state index contributed by atoms with van der Waals surface area (Å²) in [5, 5.41) is 8.13. The zero-order valence-corrected chi connectivity index (χ0v) is 13.6. The summed E-state index contributed by atoms with van der Waals surface area (Å²) in [7, 11) is 0. The fraction of sp³-hybridized carbons (Fsp3) is 0.444. The second-order valence-electron chi connectivity index (χ2n) is 5.61. The van der Waals surface area contributed by atoms with Crippen molar-refractivity contribution >= 4 is 11.3 Å². The number of nitrogens with one attached hydrogen (secondary N) is 1. The third kappa shape index (κ3) is 4.46. The van der Waals surface area contributed by atoms with Crippen LogP contribution in [0.15, 0.2) is 35.0 Å². The molecule has 0 aliphatic heterocycles. The molecule has 0 saturated carbocycles. The summed E-state index contributed by atoms with van der Waals surface area (Å²) in [5.41, 5.74) is 5.67. The largest absolute Gasteiger partial charge is 0.313 e. The van der Waals surface area contributed by atoms with Gasteiger partial charge in [-0.05, 0) is 78.7 Å². The van der Waals surface area contributed by atoms with Crippen molar-refractivity contribution in [2.24, 2.45) is 0 Å². The van der Waals surface area contributed by atoms with E-state index in [4.69, 9.17) is 0 Å². The van der Waals surface area contributed by atoms with Crippen molar-refractivity contribution in [2.75, 3.05) is 6.54 Å². The van der Waals surface area contributed by atoms with Crippen molar-refractivity contribution in [2.45, 2.75) is 46.1 Å². The molecule has 1 atom stereocenters. The van der Waals surface area contributed by atoms with Gasteiger partial charge >= 0.3 is 0 Å². The number of rotatable bonds is 7. The molecule has 1 heterocycles. The first kappa shape index (κ1) is 15.3. The van der Waals surface area contributed by atoms with Gasteiger partial charge in [0.2, 0.25) is 0 Å². The van der Waals surface area contributed by atoms with Gasteiger partial charge in [0, 0.05) is 6.04 Å². The Balaban J connectivity index is 2.04. The average Bonchev–Trinajstić information content (AvgIpc) is 2.93. The van der Waals surface area contributed by atoms with E-state index in [-0.39, 0.29) is 0 Å². The Morgan fingerprint density at radius 2 is 1.85 bits per heavy atom. The third-order valence-corrected chi connectivity index (χ3v) is 4.53. The van der Waals surface area contributed by atoms with Gasteiger partial charge in [-0.2, -0.15) is 11.3 Å². The second-order valence-corrected chi connectivity index (χ2v) is 6.39. The van der Waals surface area contributed by atoms with Crippen LogP contribution in [0, 0.1) is 13.8 Å². The van der Waals surface area contributed by atoms with Gasteiger partial charge in [0.15, 0.2) is 0 Å². The van der Waals surface area contributed by atoms with E-state index >= 15 is 0 Å². The van der Waals surface area contributed by atoms with E-state index in [0.29, 0.717) is 6.04 Å². The summed E-state index contributed by atoms with van der Waals surface area (Å²) in [4.78, 5) is 0. The van der Waals surface area contributed by atoms with Crippen molar-refractivity contribution in [3.8, 4) is 0 Å². The van der Waals surface area contributed by atoms with E-state index < -0.39 is 0 Å². The summed E-state index contributed by atoms with van der Waals surface area (Å²) >= 11 is 1.79. The minimum Gasteiger partial charge on any atom is -0.313 e. The monoisotopic (exact) mass is 287 g/mol. The molecule has 0 aliphatic rings. The normalized spacial score (nSPS) is 12.6. The first-order valence-electron chi connectivity index (χ1n) is 7.49. The molecule has 0 aliphatic carbocycles. The lowest BCUT2D eigenvalue weighted by atomic mass is 9.97. The van der Waals surface area contributed by atoms with Gasteiger partial charge in [-0.3, -0.25) is 0 Å². The van der Waals surface area contributed by atoms with Crippen LogP contribution in [-0.4, -0.2) is 12.6 Å². The standard InChI is InChI=1S/C18H25NS/c1-4-8-19-18(12-17-7-9-20-13-17)11-16-6-5-14(2)15(3)10-16/h5-7,9-10,13,18-19H,4,8,11-12H2,1-3H3. The van der Waals surface area contributed by atoms with Crippen LogP contribution in [0.5, 0.6) is 0 Å². The highest BCUT2D eigenvalue weighted by Gasteiger charge is 2.10. The molecule has 1 N–H and O–H groups in total. The van der Waals surface area contributed by atoms with E-state index in [1.807, 2.05) is 0 Å². The van der Waals surface area contributed by atoms with Crippen LogP contribution in [0.3, 0.4) is 0 Å². The van der Waals surface area contributed by atoms with Gasteiger partial charge in [-0.15, -0.1) is 0 Å². The molecule has 0 radical (unpaired) electrons. The van der Waals surface area contributed by atoms with Gasteiger partial charge in [-0.25, -0.2) is 0 Å². The van der Waals surface area contributed by atoms with E-state index in [9.17, 15) is 0 Å². The van der Waals surface area contributed by atoms with Gasteiger partial charge in [0.05, 0.1) is 0 Å². The lowest BCUT2D eigenvalue weighted by Gasteiger charge is -2.19. The van der Waals surface area contributed by atoms with Gasteiger partial charge < -0.3 is 5.32 Å². The van der Waals surface area contributed by atoms with Crippen LogP contribution in [0.4, 0.5) is 0 Å². The highest BCUT2D eigenvalue weighted by molar-refractivity contribution is 7.07. The molecule has 2 heteroatoms. The summed E-state index contributed by atoms with van der Waals surface area (Å²) in [6, 6.07) is 9.63. The van der Waals surface area contributed by atoms with E-state index in [1.165, 1.54) is 28.7 Å². The summed E-state index contributed by atoms with van der Waals surface area (Å²) in [6.07, 6.45) is 3.42. The Labute approximate surface area is 127 Å².